The van der Waals surface area contributed by atoms with Gasteiger partial charge in [-0.25, -0.2) is 4.79 Å². The van der Waals surface area contributed by atoms with Crippen LogP contribution < -0.4 is 25.0 Å². The minimum Gasteiger partial charge on any atom is -0.497 e. The van der Waals surface area contributed by atoms with Crippen molar-refractivity contribution in [3.05, 3.63) is 54.1 Å². The number of amides is 2. The number of hydrogen-bond donors (Lipinski definition) is 2. The van der Waals surface area contributed by atoms with Crippen molar-refractivity contribution in [1.29, 1.82) is 0 Å². The van der Waals surface area contributed by atoms with E-state index in [1.54, 1.807) is 7.11 Å². The first-order valence-corrected chi connectivity index (χ1v) is 10.3. The van der Waals surface area contributed by atoms with Crippen molar-refractivity contribution in [2.24, 2.45) is 0 Å². The maximum Gasteiger partial charge on any atom is 0.315 e. The van der Waals surface area contributed by atoms with Crippen LogP contribution in [0.2, 0.25) is 0 Å². The van der Waals surface area contributed by atoms with Gasteiger partial charge < -0.3 is 25.0 Å². The third-order valence-corrected chi connectivity index (χ3v) is 5.13. The Bertz CT molecular complexity index is 771. The SMILES string of the molecule is COc1ccc(N2CCC(NC(=O)NCCCOc3cccc(C)c3)CC2)cc1. The topological polar surface area (TPSA) is 62.8 Å². The average Bonchev–Trinajstić information content (AvgIpc) is 2.74. The summed E-state index contributed by atoms with van der Waals surface area (Å²) in [5, 5.41) is 6.01. The molecule has 1 fully saturated rings. The van der Waals surface area contributed by atoms with Gasteiger partial charge >= 0.3 is 6.03 Å². The number of carbonyl (C=O) groups excluding carboxylic acids is 1. The molecular formula is C23H31N3O3. The highest BCUT2D eigenvalue weighted by atomic mass is 16.5. The van der Waals surface area contributed by atoms with Crippen LogP contribution in [0.5, 0.6) is 11.5 Å². The van der Waals surface area contributed by atoms with Crippen LogP contribution in [0.1, 0.15) is 24.8 Å². The Labute approximate surface area is 173 Å². The number of nitrogens with one attached hydrogen (secondary N) is 2. The summed E-state index contributed by atoms with van der Waals surface area (Å²) in [6, 6.07) is 16.2. The van der Waals surface area contributed by atoms with E-state index < -0.39 is 0 Å². The molecule has 29 heavy (non-hydrogen) atoms. The Morgan fingerprint density at radius 3 is 2.55 bits per heavy atom. The zero-order chi connectivity index (χ0) is 20.5. The number of hydrogen-bond acceptors (Lipinski definition) is 4. The highest BCUT2D eigenvalue weighted by molar-refractivity contribution is 5.74. The largest absolute Gasteiger partial charge is 0.497 e. The van der Waals surface area contributed by atoms with Crippen LogP contribution in [0, 0.1) is 6.92 Å². The lowest BCUT2D eigenvalue weighted by Crippen LogP contribution is -2.48. The maximum absolute atomic E-state index is 12.1. The second-order valence-corrected chi connectivity index (χ2v) is 7.38. The van der Waals surface area contributed by atoms with Crippen molar-refractivity contribution in [2.45, 2.75) is 32.2 Å². The smallest absolute Gasteiger partial charge is 0.315 e. The van der Waals surface area contributed by atoms with Gasteiger partial charge in [-0.15, -0.1) is 0 Å². The van der Waals surface area contributed by atoms with Gasteiger partial charge in [0, 0.05) is 31.4 Å². The molecule has 0 aliphatic carbocycles. The van der Waals surface area contributed by atoms with E-state index >= 15 is 0 Å². The van der Waals surface area contributed by atoms with Gasteiger partial charge in [0.1, 0.15) is 11.5 Å². The predicted octanol–water partition coefficient (Wildman–Crippen LogP) is 3.74. The number of carbonyl (C=O) groups is 1. The highest BCUT2D eigenvalue weighted by Gasteiger charge is 2.20. The molecule has 0 radical (unpaired) electrons. The summed E-state index contributed by atoms with van der Waals surface area (Å²) in [5.41, 5.74) is 2.38. The van der Waals surface area contributed by atoms with Crippen LogP contribution in [0.25, 0.3) is 0 Å². The van der Waals surface area contributed by atoms with E-state index in [9.17, 15) is 4.79 Å². The van der Waals surface area contributed by atoms with Crippen LogP contribution in [0.4, 0.5) is 10.5 Å². The number of rotatable bonds is 8. The van der Waals surface area contributed by atoms with Gasteiger partial charge in [0.2, 0.25) is 0 Å². The van der Waals surface area contributed by atoms with Gasteiger partial charge in [-0.1, -0.05) is 12.1 Å². The summed E-state index contributed by atoms with van der Waals surface area (Å²) in [7, 11) is 1.67. The summed E-state index contributed by atoms with van der Waals surface area (Å²) in [6.45, 7) is 5.09. The molecule has 156 valence electrons. The minimum absolute atomic E-state index is 0.0940. The van der Waals surface area contributed by atoms with Crippen molar-refractivity contribution in [3.63, 3.8) is 0 Å². The fraction of sp³-hybridized carbons (Fsp3) is 0.435. The number of ether oxygens (including phenoxy) is 2. The normalized spacial score (nSPS) is 14.3. The Morgan fingerprint density at radius 1 is 1.10 bits per heavy atom. The first-order valence-electron chi connectivity index (χ1n) is 10.3. The quantitative estimate of drug-likeness (QED) is 0.666. The summed E-state index contributed by atoms with van der Waals surface area (Å²) in [4.78, 5) is 14.5. The number of nitrogens with zero attached hydrogens (tertiary/aromatic N) is 1. The number of piperidine rings is 1. The van der Waals surface area contributed by atoms with Crippen molar-refractivity contribution >= 4 is 11.7 Å². The zero-order valence-corrected chi connectivity index (χ0v) is 17.3. The molecule has 2 aromatic carbocycles. The molecule has 0 aromatic heterocycles. The van der Waals surface area contributed by atoms with Crippen molar-refractivity contribution in [2.75, 3.05) is 38.3 Å². The molecule has 0 bridgehead atoms. The molecule has 0 spiro atoms. The number of methoxy groups -OCH3 is 1. The molecule has 6 heteroatoms. The van der Waals surface area contributed by atoms with Crippen molar-refractivity contribution in [3.8, 4) is 11.5 Å². The molecule has 1 heterocycles. The Morgan fingerprint density at radius 2 is 1.86 bits per heavy atom. The van der Waals surface area contributed by atoms with Gasteiger partial charge in [-0.3, -0.25) is 0 Å². The van der Waals surface area contributed by atoms with E-state index in [2.05, 4.69) is 27.7 Å². The maximum atomic E-state index is 12.1. The van der Waals surface area contributed by atoms with E-state index in [1.165, 1.54) is 11.3 Å². The molecule has 0 unspecified atom stereocenters. The Hall–Kier alpha value is -2.89. The van der Waals surface area contributed by atoms with Crippen LogP contribution in [-0.4, -0.2) is 45.4 Å². The van der Waals surface area contributed by atoms with Gasteiger partial charge in [-0.05, 0) is 68.1 Å². The molecule has 1 saturated heterocycles. The molecular weight excluding hydrogens is 366 g/mol. The molecule has 2 aromatic rings. The molecule has 3 rings (SSSR count). The number of urea groups is 1. The molecule has 2 amide bonds. The van der Waals surface area contributed by atoms with Crippen LogP contribution >= 0.6 is 0 Å². The van der Waals surface area contributed by atoms with Crippen LogP contribution in [-0.2, 0) is 0 Å². The number of benzene rings is 2. The lowest BCUT2D eigenvalue weighted by Gasteiger charge is -2.34. The van der Waals surface area contributed by atoms with E-state index in [-0.39, 0.29) is 12.1 Å². The molecule has 1 aliphatic rings. The van der Waals surface area contributed by atoms with E-state index in [4.69, 9.17) is 9.47 Å². The fourth-order valence-corrected chi connectivity index (χ4v) is 3.48. The van der Waals surface area contributed by atoms with Gasteiger partial charge in [0.25, 0.3) is 0 Å². The monoisotopic (exact) mass is 397 g/mol. The lowest BCUT2D eigenvalue weighted by atomic mass is 10.0. The van der Waals surface area contributed by atoms with Crippen molar-refractivity contribution < 1.29 is 14.3 Å². The van der Waals surface area contributed by atoms with Crippen LogP contribution in [0.15, 0.2) is 48.5 Å². The van der Waals surface area contributed by atoms with E-state index in [0.29, 0.717) is 13.2 Å². The Balaban J connectivity index is 1.29. The third kappa shape index (κ3) is 6.59. The number of anilines is 1. The van der Waals surface area contributed by atoms with E-state index in [0.717, 1.165) is 43.9 Å². The van der Waals surface area contributed by atoms with Crippen molar-refractivity contribution in [1.82, 2.24) is 10.6 Å². The molecule has 0 atom stereocenters. The lowest BCUT2D eigenvalue weighted by molar-refractivity contribution is 0.233. The molecule has 1 aliphatic heterocycles. The molecule has 6 nitrogen and oxygen atoms in total. The Kier molecular flexibility index (Phi) is 7.61. The summed E-state index contributed by atoms with van der Waals surface area (Å²) in [5.74, 6) is 1.74. The fourth-order valence-electron chi connectivity index (χ4n) is 3.48. The van der Waals surface area contributed by atoms with Crippen LogP contribution in [0.3, 0.4) is 0 Å². The average molecular weight is 398 g/mol. The van der Waals surface area contributed by atoms with Gasteiger partial charge in [0.05, 0.1) is 13.7 Å². The molecule has 2 N–H and O–H groups in total. The summed E-state index contributed by atoms with van der Waals surface area (Å²) < 4.78 is 10.9. The summed E-state index contributed by atoms with van der Waals surface area (Å²) >= 11 is 0. The van der Waals surface area contributed by atoms with E-state index in [1.807, 2.05) is 43.3 Å². The first kappa shape index (κ1) is 20.8. The predicted molar refractivity (Wildman–Crippen MR) is 116 cm³/mol. The second-order valence-electron chi connectivity index (χ2n) is 7.38. The first-order chi connectivity index (χ1) is 14.1. The minimum atomic E-state index is -0.0940. The summed E-state index contributed by atoms with van der Waals surface area (Å²) in [6.07, 6.45) is 2.66. The third-order valence-electron chi connectivity index (χ3n) is 5.13. The van der Waals surface area contributed by atoms with Gasteiger partial charge in [0.15, 0.2) is 0 Å². The van der Waals surface area contributed by atoms with Gasteiger partial charge in [-0.2, -0.15) is 0 Å². The molecule has 0 saturated carbocycles. The standard InChI is InChI=1S/C23H31N3O3/c1-18-5-3-6-22(17-18)29-16-4-13-24-23(27)25-19-11-14-26(15-12-19)20-7-9-21(28-2)10-8-20/h3,5-10,17,19H,4,11-16H2,1-2H3,(H2,24,25,27). The second kappa shape index (κ2) is 10.6. The number of aryl methyl sites for hydroxylation is 1. The zero-order valence-electron chi connectivity index (χ0n) is 17.3. The highest BCUT2D eigenvalue weighted by Crippen LogP contribution is 2.22.